The Balaban J connectivity index is 2.34. The smallest absolute Gasteiger partial charge is 0.335 e. The maximum absolute atomic E-state index is 11.4. The quantitative estimate of drug-likeness (QED) is 0.656. The van der Waals surface area contributed by atoms with Crippen molar-refractivity contribution in [3.8, 4) is 5.75 Å². The second kappa shape index (κ2) is 10.4. The summed E-state index contributed by atoms with van der Waals surface area (Å²) in [5, 5.41) is 9.37. The summed E-state index contributed by atoms with van der Waals surface area (Å²) >= 11 is 0. The van der Waals surface area contributed by atoms with E-state index >= 15 is 0 Å². The van der Waals surface area contributed by atoms with E-state index in [1.807, 2.05) is 42.5 Å². The zero-order valence-electron chi connectivity index (χ0n) is 15.1. The first-order valence-corrected chi connectivity index (χ1v) is 8.37. The van der Waals surface area contributed by atoms with E-state index in [9.17, 15) is 9.90 Å². The number of ether oxygens (including phenoxy) is 3. The average molecular weight is 356 g/mol. The molecule has 0 saturated carbocycles. The number of aromatic carboxylic acids is 1. The van der Waals surface area contributed by atoms with Crippen molar-refractivity contribution in [3.05, 3.63) is 70.8 Å². The maximum atomic E-state index is 11.4. The molecule has 0 aliphatic rings. The van der Waals surface area contributed by atoms with Gasteiger partial charge >= 0.3 is 5.97 Å². The Morgan fingerprint density at radius 3 is 2.54 bits per heavy atom. The molecule has 0 fully saturated rings. The van der Waals surface area contributed by atoms with Gasteiger partial charge in [-0.15, -0.1) is 0 Å². The van der Waals surface area contributed by atoms with Crippen LogP contribution in [0.3, 0.4) is 0 Å². The van der Waals surface area contributed by atoms with Crippen molar-refractivity contribution in [2.45, 2.75) is 12.8 Å². The van der Waals surface area contributed by atoms with Crippen molar-refractivity contribution in [1.82, 2.24) is 0 Å². The van der Waals surface area contributed by atoms with E-state index in [1.54, 1.807) is 19.2 Å². The predicted octanol–water partition coefficient (Wildman–Crippen LogP) is 3.81. The number of hydrogen-bond donors (Lipinski definition) is 1. The summed E-state index contributed by atoms with van der Waals surface area (Å²) in [6.07, 6.45) is 5.30. The second-order valence-corrected chi connectivity index (χ2v) is 5.73. The maximum Gasteiger partial charge on any atom is 0.335 e. The standard InChI is InChI=1S/C21H24O5/c1-24-12-11-17-13-18(21(22)23)14-20(26-15-25-2)19(17)10-6-9-16-7-4-3-5-8-16/h3-9,13-14H,10-12,15H2,1-2H3,(H,22,23)/b9-6+. The predicted molar refractivity (Wildman–Crippen MR) is 101 cm³/mol. The van der Waals surface area contributed by atoms with E-state index in [-0.39, 0.29) is 12.4 Å². The molecule has 0 spiro atoms. The van der Waals surface area contributed by atoms with Crippen LogP contribution in [0.1, 0.15) is 27.0 Å². The average Bonchev–Trinajstić information content (AvgIpc) is 2.66. The highest BCUT2D eigenvalue weighted by atomic mass is 16.7. The fourth-order valence-corrected chi connectivity index (χ4v) is 2.62. The molecule has 5 heteroatoms. The highest BCUT2D eigenvalue weighted by Gasteiger charge is 2.15. The summed E-state index contributed by atoms with van der Waals surface area (Å²) in [7, 11) is 3.15. The van der Waals surface area contributed by atoms with Crippen LogP contribution >= 0.6 is 0 Å². The van der Waals surface area contributed by atoms with Crippen molar-refractivity contribution >= 4 is 12.0 Å². The highest BCUT2D eigenvalue weighted by Crippen LogP contribution is 2.27. The molecule has 26 heavy (non-hydrogen) atoms. The lowest BCUT2D eigenvalue weighted by atomic mass is 9.97. The number of carboxylic acid groups (broad SMARTS) is 1. The summed E-state index contributed by atoms with van der Waals surface area (Å²) < 4.78 is 15.8. The van der Waals surface area contributed by atoms with Gasteiger partial charge in [-0.2, -0.15) is 0 Å². The number of allylic oxidation sites excluding steroid dienone is 1. The van der Waals surface area contributed by atoms with Crippen LogP contribution in [0.25, 0.3) is 6.08 Å². The SMILES string of the molecule is COCCc1cc(C(=O)O)cc(OCOC)c1C/C=C/c1ccccc1. The lowest BCUT2D eigenvalue weighted by Crippen LogP contribution is -2.09. The third-order valence-corrected chi connectivity index (χ3v) is 3.89. The largest absolute Gasteiger partial charge is 0.478 e. The molecule has 0 saturated heterocycles. The molecule has 0 unspecified atom stereocenters. The lowest BCUT2D eigenvalue weighted by Gasteiger charge is -2.16. The monoisotopic (exact) mass is 356 g/mol. The van der Waals surface area contributed by atoms with E-state index in [0.717, 1.165) is 16.7 Å². The third-order valence-electron chi connectivity index (χ3n) is 3.89. The molecule has 0 bridgehead atoms. The topological polar surface area (TPSA) is 65.0 Å². The summed E-state index contributed by atoms with van der Waals surface area (Å²) in [5.41, 5.74) is 3.14. The molecule has 0 aliphatic carbocycles. The number of carbonyl (C=O) groups is 1. The van der Waals surface area contributed by atoms with Gasteiger partial charge in [-0.25, -0.2) is 4.79 Å². The fraction of sp³-hybridized carbons (Fsp3) is 0.286. The molecule has 5 nitrogen and oxygen atoms in total. The minimum absolute atomic E-state index is 0.0577. The highest BCUT2D eigenvalue weighted by molar-refractivity contribution is 5.88. The Morgan fingerprint density at radius 2 is 1.88 bits per heavy atom. The molecule has 138 valence electrons. The van der Waals surface area contributed by atoms with E-state index in [2.05, 4.69) is 0 Å². The number of methoxy groups -OCH3 is 2. The molecular formula is C21H24O5. The fourth-order valence-electron chi connectivity index (χ4n) is 2.62. The molecule has 2 rings (SSSR count). The van der Waals surface area contributed by atoms with Gasteiger partial charge in [0.15, 0.2) is 6.79 Å². The van der Waals surface area contributed by atoms with Gasteiger partial charge in [0, 0.05) is 19.8 Å². The molecule has 2 aromatic carbocycles. The van der Waals surface area contributed by atoms with Gasteiger partial charge in [0.25, 0.3) is 0 Å². The van der Waals surface area contributed by atoms with Crippen LogP contribution in [-0.4, -0.2) is 38.7 Å². The van der Waals surface area contributed by atoms with Crippen molar-refractivity contribution < 1.29 is 24.1 Å². The van der Waals surface area contributed by atoms with Gasteiger partial charge in [-0.1, -0.05) is 42.5 Å². The molecule has 0 atom stereocenters. The minimum atomic E-state index is -0.989. The van der Waals surface area contributed by atoms with E-state index in [4.69, 9.17) is 14.2 Å². The van der Waals surface area contributed by atoms with Crippen LogP contribution in [0.4, 0.5) is 0 Å². The number of carboxylic acids is 1. The van der Waals surface area contributed by atoms with Crippen molar-refractivity contribution in [1.29, 1.82) is 0 Å². The van der Waals surface area contributed by atoms with Gasteiger partial charge in [0.05, 0.1) is 12.2 Å². The first kappa shape index (κ1) is 19.7. The molecule has 0 heterocycles. The number of rotatable bonds is 10. The third kappa shape index (κ3) is 5.72. The van der Waals surface area contributed by atoms with Crippen LogP contribution in [-0.2, 0) is 22.3 Å². The van der Waals surface area contributed by atoms with Gasteiger partial charge in [0.2, 0.25) is 0 Å². The zero-order valence-corrected chi connectivity index (χ0v) is 15.1. The van der Waals surface area contributed by atoms with Crippen LogP contribution in [0, 0.1) is 0 Å². The second-order valence-electron chi connectivity index (χ2n) is 5.73. The Morgan fingerprint density at radius 1 is 1.12 bits per heavy atom. The molecule has 0 radical (unpaired) electrons. The van der Waals surface area contributed by atoms with Crippen molar-refractivity contribution in [3.63, 3.8) is 0 Å². The van der Waals surface area contributed by atoms with Gasteiger partial charge in [-0.05, 0) is 36.1 Å². The van der Waals surface area contributed by atoms with Crippen molar-refractivity contribution in [2.75, 3.05) is 27.6 Å². The van der Waals surface area contributed by atoms with Crippen LogP contribution < -0.4 is 4.74 Å². The van der Waals surface area contributed by atoms with Gasteiger partial charge < -0.3 is 19.3 Å². The van der Waals surface area contributed by atoms with Crippen molar-refractivity contribution in [2.24, 2.45) is 0 Å². The molecule has 0 amide bonds. The van der Waals surface area contributed by atoms with Gasteiger partial charge in [0.1, 0.15) is 5.75 Å². The number of benzene rings is 2. The first-order valence-electron chi connectivity index (χ1n) is 8.37. The normalized spacial score (nSPS) is 11.0. The Kier molecular flexibility index (Phi) is 7.86. The number of hydrogen-bond acceptors (Lipinski definition) is 4. The molecule has 1 N–H and O–H groups in total. The molecule has 0 aromatic heterocycles. The summed E-state index contributed by atoms with van der Waals surface area (Å²) in [6, 6.07) is 13.2. The summed E-state index contributed by atoms with van der Waals surface area (Å²) in [4.78, 5) is 11.4. The molecule has 0 aliphatic heterocycles. The molecule has 2 aromatic rings. The minimum Gasteiger partial charge on any atom is -0.478 e. The van der Waals surface area contributed by atoms with E-state index in [1.165, 1.54) is 7.11 Å². The Hall–Kier alpha value is -2.63. The Bertz CT molecular complexity index is 708. The Labute approximate surface area is 153 Å². The summed E-state index contributed by atoms with van der Waals surface area (Å²) in [5.74, 6) is -0.465. The van der Waals surface area contributed by atoms with E-state index < -0.39 is 5.97 Å². The first-order chi connectivity index (χ1) is 12.7. The summed E-state index contributed by atoms with van der Waals surface area (Å²) in [6.45, 7) is 0.560. The van der Waals surface area contributed by atoms with Crippen LogP contribution in [0.15, 0.2) is 48.5 Å². The molecular weight excluding hydrogens is 332 g/mol. The lowest BCUT2D eigenvalue weighted by molar-refractivity contribution is 0.0500. The van der Waals surface area contributed by atoms with Crippen LogP contribution in [0.5, 0.6) is 5.75 Å². The van der Waals surface area contributed by atoms with Gasteiger partial charge in [-0.3, -0.25) is 0 Å². The zero-order chi connectivity index (χ0) is 18.8. The van der Waals surface area contributed by atoms with E-state index in [0.29, 0.717) is 25.2 Å². The van der Waals surface area contributed by atoms with Crippen LogP contribution in [0.2, 0.25) is 0 Å².